The fraction of sp³-hybridized carbons (Fsp3) is 0.478. The van der Waals surface area contributed by atoms with E-state index >= 15 is 0 Å². The van der Waals surface area contributed by atoms with Gasteiger partial charge in [0.1, 0.15) is 0 Å². The molecule has 0 aliphatic rings. The smallest absolute Gasteiger partial charge is 0.0506 e. The Morgan fingerprint density at radius 2 is 1.85 bits per heavy atom. The molecule has 142 valence electrons. The van der Waals surface area contributed by atoms with E-state index in [-0.39, 0.29) is 12.1 Å². The number of aromatic nitrogens is 1. The van der Waals surface area contributed by atoms with Gasteiger partial charge < -0.3 is 15.2 Å². The molecule has 0 fully saturated rings. The van der Waals surface area contributed by atoms with Crippen LogP contribution < -0.4 is 10.6 Å². The molecule has 2 atom stereocenters. The van der Waals surface area contributed by atoms with Crippen molar-refractivity contribution in [2.75, 3.05) is 6.54 Å². The SMILES string of the molecule is C=C(C)C(Cc1cn(C)c2ccccc12)NC(=C)C(CC(C)C)NCC. The molecule has 1 aromatic heterocycles. The van der Waals surface area contributed by atoms with E-state index in [1.54, 1.807) is 0 Å². The summed E-state index contributed by atoms with van der Waals surface area (Å²) in [5, 5.41) is 8.54. The van der Waals surface area contributed by atoms with Gasteiger partial charge in [-0.15, -0.1) is 0 Å². The van der Waals surface area contributed by atoms with E-state index in [1.165, 1.54) is 16.5 Å². The number of aryl methyl sites for hydroxylation is 1. The molecule has 0 radical (unpaired) electrons. The van der Waals surface area contributed by atoms with Crippen LogP contribution in [0.3, 0.4) is 0 Å². The van der Waals surface area contributed by atoms with E-state index in [9.17, 15) is 0 Å². The van der Waals surface area contributed by atoms with Crippen LogP contribution in [-0.4, -0.2) is 23.2 Å². The second-order valence-electron chi connectivity index (χ2n) is 7.79. The van der Waals surface area contributed by atoms with E-state index in [4.69, 9.17) is 0 Å². The molecule has 3 heteroatoms. The van der Waals surface area contributed by atoms with E-state index in [1.807, 2.05) is 0 Å². The summed E-state index contributed by atoms with van der Waals surface area (Å²) in [5.41, 5.74) is 4.82. The van der Waals surface area contributed by atoms with Crippen LogP contribution in [0.1, 0.15) is 39.7 Å². The molecule has 0 aliphatic heterocycles. The van der Waals surface area contributed by atoms with Gasteiger partial charge in [-0.05, 0) is 43.9 Å². The molecular formula is C23H35N3. The molecule has 0 aliphatic carbocycles. The fourth-order valence-electron chi connectivity index (χ4n) is 3.55. The summed E-state index contributed by atoms with van der Waals surface area (Å²) in [6, 6.07) is 9.05. The molecule has 0 saturated heterocycles. The van der Waals surface area contributed by atoms with E-state index < -0.39 is 0 Å². The Bertz CT molecular complexity index is 754. The van der Waals surface area contributed by atoms with E-state index in [0.29, 0.717) is 5.92 Å². The lowest BCUT2D eigenvalue weighted by Crippen LogP contribution is -2.41. The summed E-state index contributed by atoms with van der Waals surface area (Å²) < 4.78 is 2.20. The van der Waals surface area contributed by atoms with Crippen molar-refractivity contribution in [2.24, 2.45) is 13.0 Å². The first-order chi connectivity index (χ1) is 12.3. The van der Waals surface area contributed by atoms with Crippen LogP contribution in [0.2, 0.25) is 0 Å². The highest BCUT2D eigenvalue weighted by atomic mass is 15.0. The highest BCUT2D eigenvalue weighted by molar-refractivity contribution is 5.84. The Balaban J connectivity index is 2.18. The van der Waals surface area contributed by atoms with Crippen molar-refractivity contribution in [3.8, 4) is 0 Å². The minimum atomic E-state index is 0.182. The predicted octanol–water partition coefficient (Wildman–Crippen LogP) is 4.79. The summed E-state index contributed by atoms with van der Waals surface area (Å²) in [4.78, 5) is 0. The van der Waals surface area contributed by atoms with Crippen LogP contribution in [0.25, 0.3) is 10.9 Å². The van der Waals surface area contributed by atoms with Crippen molar-refractivity contribution in [3.63, 3.8) is 0 Å². The first-order valence-corrected chi connectivity index (χ1v) is 9.70. The highest BCUT2D eigenvalue weighted by Gasteiger charge is 2.19. The lowest BCUT2D eigenvalue weighted by Gasteiger charge is -2.28. The number of benzene rings is 1. The number of fused-ring (bicyclic) bond motifs is 1. The van der Waals surface area contributed by atoms with Crippen molar-refractivity contribution in [1.82, 2.24) is 15.2 Å². The fourth-order valence-corrected chi connectivity index (χ4v) is 3.55. The second kappa shape index (κ2) is 9.09. The number of hydrogen-bond donors (Lipinski definition) is 2. The van der Waals surface area contributed by atoms with Gasteiger partial charge in [-0.1, -0.05) is 57.7 Å². The maximum absolute atomic E-state index is 4.34. The molecular weight excluding hydrogens is 318 g/mol. The zero-order valence-electron chi connectivity index (χ0n) is 17.1. The van der Waals surface area contributed by atoms with Crippen LogP contribution in [0, 0.1) is 5.92 Å². The van der Waals surface area contributed by atoms with Gasteiger partial charge in [-0.25, -0.2) is 0 Å². The number of nitrogens with one attached hydrogen (secondary N) is 2. The summed E-state index contributed by atoms with van der Waals surface area (Å²) >= 11 is 0. The van der Waals surface area contributed by atoms with Crippen molar-refractivity contribution in [2.45, 2.75) is 52.6 Å². The third-order valence-corrected chi connectivity index (χ3v) is 4.94. The summed E-state index contributed by atoms with van der Waals surface area (Å²) in [6.07, 6.45) is 4.23. The van der Waals surface area contributed by atoms with Gasteiger partial charge in [0.15, 0.2) is 0 Å². The maximum atomic E-state index is 4.34. The number of nitrogens with zero attached hydrogens (tertiary/aromatic N) is 1. The Kier molecular flexibility index (Phi) is 7.10. The molecule has 2 N–H and O–H groups in total. The minimum absolute atomic E-state index is 0.182. The molecule has 0 bridgehead atoms. The maximum Gasteiger partial charge on any atom is 0.0506 e. The molecule has 1 aromatic carbocycles. The molecule has 0 spiro atoms. The first kappa shape index (κ1) is 20.3. The van der Waals surface area contributed by atoms with Crippen LogP contribution >= 0.6 is 0 Å². The molecule has 1 heterocycles. The van der Waals surface area contributed by atoms with E-state index in [0.717, 1.165) is 30.7 Å². The third-order valence-electron chi connectivity index (χ3n) is 4.94. The Morgan fingerprint density at radius 3 is 2.46 bits per heavy atom. The topological polar surface area (TPSA) is 29.0 Å². The van der Waals surface area contributed by atoms with Gasteiger partial charge in [-0.2, -0.15) is 0 Å². The van der Waals surface area contributed by atoms with Crippen LogP contribution in [-0.2, 0) is 13.5 Å². The number of likely N-dealkylation sites (N-methyl/N-ethyl adjacent to an activating group) is 1. The number of para-hydroxylation sites is 1. The van der Waals surface area contributed by atoms with Gasteiger partial charge in [0.2, 0.25) is 0 Å². The number of hydrogen-bond acceptors (Lipinski definition) is 2. The quantitative estimate of drug-likeness (QED) is 0.601. The lowest BCUT2D eigenvalue weighted by molar-refractivity contribution is 0.439. The van der Waals surface area contributed by atoms with Crippen molar-refractivity contribution < 1.29 is 0 Å². The van der Waals surface area contributed by atoms with E-state index in [2.05, 4.69) is 93.6 Å². The molecule has 0 amide bonds. The standard InChI is InChI=1S/C23H35N3/c1-8-24-22(13-16(2)3)18(6)25-21(17(4)5)14-19-15-26(7)23-12-10-9-11-20(19)23/h9-12,15-16,21-22,24-25H,4,6,8,13-14H2,1-3,5,7H3. The predicted molar refractivity (Wildman–Crippen MR) is 114 cm³/mol. The van der Waals surface area contributed by atoms with Crippen LogP contribution in [0.15, 0.2) is 54.9 Å². The number of rotatable bonds is 10. The Morgan fingerprint density at radius 1 is 1.15 bits per heavy atom. The average Bonchev–Trinajstić information content (AvgIpc) is 2.90. The Hall–Kier alpha value is -2.00. The molecule has 2 unspecified atom stereocenters. The monoisotopic (exact) mass is 353 g/mol. The minimum Gasteiger partial charge on any atom is -0.381 e. The van der Waals surface area contributed by atoms with Crippen molar-refractivity contribution >= 4 is 10.9 Å². The largest absolute Gasteiger partial charge is 0.381 e. The second-order valence-corrected chi connectivity index (χ2v) is 7.79. The van der Waals surface area contributed by atoms with Gasteiger partial charge >= 0.3 is 0 Å². The van der Waals surface area contributed by atoms with Gasteiger partial charge in [0.05, 0.1) is 6.04 Å². The average molecular weight is 354 g/mol. The Labute approximate surface area is 159 Å². The summed E-state index contributed by atoms with van der Waals surface area (Å²) in [5.74, 6) is 0.624. The third kappa shape index (κ3) is 5.01. The molecule has 26 heavy (non-hydrogen) atoms. The molecule has 2 aromatic rings. The molecule has 3 nitrogen and oxygen atoms in total. The lowest BCUT2D eigenvalue weighted by atomic mass is 9.97. The van der Waals surface area contributed by atoms with Crippen LogP contribution in [0.4, 0.5) is 0 Å². The first-order valence-electron chi connectivity index (χ1n) is 9.70. The van der Waals surface area contributed by atoms with Gasteiger partial charge in [0.25, 0.3) is 0 Å². The van der Waals surface area contributed by atoms with Gasteiger partial charge in [0, 0.05) is 35.9 Å². The van der Waals surface area contributed by atoms with Gasteiger partial charge in [-0.3, -0.25) is 0 Å². The zero-order chi connectivity index (χ0) is 19.3. The summed E-state index contributed by atoms with van der Waals surface area (Å²) in [6.45, 7) is 18.3. The van der Waals surface area contributed by atoms with Crippen molar-refractivity contribution in [1.29, 1.82) is 0 Å². The highest BCUT2D eigenvalue weighted by Crippen LogP contribution is 2.23. The van der Waals surface area contributed by atoms with Crippen LogP contribution in [0.5, 0.6) is 0 Å². The summed E-state index contributed by atoms with van der Waals surface area (Å²) in [7, 11) is 2.11. The molecule has 0 saturated carbocycles. The van der Waals surface area contributed by atoms with Crippen molar-refractivity contribution in [3.05, 3.63) is 60.5 Å². The molecule has 2 rings (SSSR count). The normalized spacial score (nSPS) is 13.8. The zero-order valence-corrected chi connectivity index (χ0v) is 17.1.